The number of aryl methyl sites for hydroxylation is 1. The van der Waals surface area contributed by atoms with E-state index in [-0.39, 0.29) is 5.56 Å². The predicted octanol–water partition coefficient (Wildman–Crippen LogP) is 2.63. The minimum atomic E-state index is -4.71. The Morgan fingerprint density at radius 2 is 2.00 bits per heavy atom. The third kappa shape index (κ3) is 2.76. The zero-order valence-electron chi connectivity index (χ0n) is 9.95. The highest BCUT2D eigenvalue weighted by Gasteiger charge is 2.34. The molecule has 0 aliphatic carbocycles. The van der Waals surface area contributed by atoms with Crippen molar-refractivity contribution in [1.82, 2.24) is 9.55 Å². The average Bonchev–Trinajstić information content (AvgIpc) is 2.73. The molecule has 3 nitrogen and oxygen atoms in total. The molecule has 0 aliphatic rings. The van der Waals surface area contributed by atoms with Crippen molar-refractivity contribution in [2.45, 2.75) is 12.2 Å². The van der Waals surface area contributed by atoms with Crippen LogP contribution in [0, 0.1) is 5.82 Å². The third-order valence-electron chi connectivity index (χ3n) is 2.70. The Hall–Kier alpha value is -1.89. The summed E-state index contributed by atoms with van der Waals surface area (Å²) in [6.07, 6.45) is -1.58. The number of hydrogen-bond donors (Lipinski definition) is 1. The van der Waals surface area contributed by atoms with Crippen LogP contribution in [-0.2, 0) is 13.2 Å². The van der Waals surface area contributed by atoms with Gasteiger partial charge in [0.15, 0.2) is 0 Å². The van der Waals surface area contributed by atoms with Gasteiger partial charge >= 0.3 is 6.18 Å². The van der Waals surface area contributed by atoms with Crippen molar-refractivity contribution in [3.63, 3.8) is 0 Å². The van der Waals surface area contributed by atoms with Crippen molar-refractivity contribution < 1.29 is 17.6 Å². The fourth-order valence-electron chi connectivity index (χ4n) is 1.72. The number of imidazole rings is 1. The van der Waals surface area contributed by atoms with E-state index in [2.05, 4.69) is 4.98 Å². The van der Waals surface area contributed by atoms with Crippen LogP contribution < -0.4 is 5.73 Å². The molecule has 1 aromatic heterocycles. The van der Waals surface area contributed by atoms with Crippen molar-refractivity contribution in [2.75, 3.05) is 0 Å². The monoisotopic (exact) mass is 273 g/mol. The molecule has 0 aliphatic heterocycles. The van der Waals surface area contributed by atoms with Gasteiger partial charge in [0.2, 0.25) is 0 Å². The van der Waals surface area contributed by atoms with Crippen molar-refractivity contribution in [1.29, 1.82) is 0 Å². The number of rotatable bonds is 2. The Kier molecular flexibility index (Phi) is 3.32. The molecule has 0 radical (unpaired) electrons. The first-order chi connectivity index (χ1) is 8.79. The molecule has 1 atom stereocenters. The van der Waals surface area contributed by atoms with E-state index >= 15 is 0 Å². The number of nitrogens with zero attached hydrogens (tertiary/aromatic N) is 2. The van der Waals surface area contributed by atoms with E-state index in [1.54, 1.807) is 17.8 Å². The lowest BCUT2D eigenvalue weighted by molar-refractivity contribution is -0.140. The van der Waals surface area contributed by atoms with Crippen LogP contribution in [0.5, 0.6) is 0 Å². The fourth-order valence-corrected chi connectivity index (χ4v) is 1.72. The molecule has 19 heavy (non-hydrogen) atoms. The van der Waals surface area contributed by atoms with Crippen molar-refractivity contribution in [3.05, 3.63) is 53.4 Å². The lowest BCUT2D eigenvalue weighted by Crippen LogP contribution is -2.14. The van der Waals surface area contributed by atoms with Crippen LogP contribution in [0.1, 0.15) is 22.9 Å². The standard InChI is InChI=1S/C12H11F4N3/c1-19-5-10(18-6-19)11(17)7-2-3-8(9(13)4-7)12(14,15)16/h2-6,11H,17H2,1H3. The van der Waals surface area contributed by atoms with E-state index in [1.807, 2.05) is 0 Å². The molecule has 1 unspecified atom stereocenters. The maximum Gasteiger partial charge on any atom is 0.419 e. The zero-order chi connectivity index (χ0) is 14.2. The highest BCUT2D eigenvalue weighted by molar-refractivity contribution is 5.32. The summed E-state index contributed by atoms with van der Waals surface area (Å²) in [5.41, 5.74) is 5.23. The van der Waals surface area contributed by atoms with Crippen LogP contribution in [0.15, 0.2) is 30.7 Å². The lowest BCUT2D eigenvalue weighted by atomic mass is 10.0. The molecule has 7 heteroatoms. The molecule has 2 aromatic rings. The van der Waals surface area contributed by atoms with Crippen LogP contribution in [0.2, 0.25) is 0 Å². The van der Waals surface area contributed by atoms with Gasteiger partial charge in [-0.25, -0.2) is 9.37 Å². The molecule has 0 fully saturated rings. The molecule has 2 rings (SSSR count). The molecular formula is C12H11F4N3. The van der Waals surface area contributed by atoms with Gasteiger partial charge < -0.3 is 10.3 Å². The summed E-state index contributed by atoms with van der Waals surface area (Å²) in [4.78, 5) is 3.99. The molecular weight excluding hydrogens is 262 g/mol. The van der Waals surface area contributed by atoms with Gasteiger partial charge in [-0.05, 0) is 17.7 Å². The Morgan fingerprint density at radius 3 is 2.47 bits per heavy atom. The normalized spacial score (nSPS) is 13.6. The topological polar surface area (TPSA) is 43.8 Å². The smallest absolute Gasteiger partial charge is 0.340 e. The summed E-state index contributed by atoms with van der Waals surface area (Å²) in [6.45, 7) is 0. The number of hydrogen-bond acceptors (Lipinski definition) is 2. The van der Waals surface area contributed by atoms with Crippen LogP contribution in [0.3, 0.4) is 0 Å². The van der Waals surface area contributed by atoms with Crippen molar-refractivity contribution in [3.8, 4) is 0 Å². The lowest BCUT2D eigenvalue weighted by Gasteiger charge is -2.12. The van der Waals surface area contributed by atoms with E-state index in [0.717, 1.165) is 12.1 Å². The number of halogens is 4. The number of aromatic nitrogens is 2. The molecule has 0 amide bonds. The first kappa shape index (κ1) is 13.5. The highest BCUT2D eigenvalue weighted by atomic mass is 19.4. The predicted molar refractivity (Wildman–Crippen MR) is 60.6 cm³/mol. The van der Waals surface area contributed by atoms with Gasteiger partial charge in [-0.3, -0.25) is 0 Å². The Labute approximate surface area is 106 Å². The molecule has 0 bridgehead atoms. The minimum absolute atomic E-state index is 0.240. The number of alkyl halides is 3. The van der Waals surface area contributed by atoms with E-state index in [4.69, 9.17) is 5.73 Å². The van der Waals surface area contributed by atoms with Gasteiger partial charge in [-0.2, -0.15) is 13.2 Å². The number of benzene rings is 1. The van der Waals surface area contributed by atoms with Crippen LogP contribution in [-0.4, -0.2) is 9.55 Å². The zero-order valence-corrected chi connectivity index (χ0v) is 9.95. The summed E-state index contributed by atoms with van der Waals surface area (Å²) in [5.74, 6) is -1.34. The molecule has 0 saturated heterocycles. The van der Waals surface area contributed by atoms with E-state index in [1.165, 1.54) is 6.33 Å². The van der Waals surface area contributed by atoms with Gasteiger partial charge in [-0.1, -0.05) is 6.07 Å². The van der Waals surface area contributed by atoms with Crippen LogP contribution in [0.25, 0.3) is 0 Å². The first-order valence-electron chi connectivity index (χ1n) is 5.39. The molecule has 1 heterocycles. The Balaban J connectivity index is 2.35. The van der Waals surface area contributed by atoms with E-state index in [0.29, 0.717) is 11.8 Å². The first-order valence-corrected chi connectivity index (χ1v) is 5.39. The van der Waals surface area contributed by atoms with Gasteiger partial charge in [0.05, 0.1) is 23.6 Å². The van der Waals surface area contributed by atoms with Gasteiger partial charge in [-0.15, -0.1) is 0 Å². The fraction of sp³-hybridized carbons (Fsp3) is 0.250. The molecule has 0 saturated carbocycles. The quantitative estimate of drug-likeness (QED) is 0.855. The second-order valence-electron chi connectivity index (χ2n) is 4.18. The molecule has 102 valence electrons. The second kappa shape index (κ2) is 4.65. The van der Waals surface area contributed by atoms with E-state index < -0.39 is 23.6 Å². The molecule has 1 aromatic carbocycles. The van der Waals surface area contributed by atoms with E-state index in [9.17, 15) is 17.6 Å². The largest absolute Gasteiger partial charge is 0.419 e. The second-order valence-corrected chi connectivity index (χ2v) is 4.18. The third-order valence-corrected chi connectivity index (χ3v) is 2.70. The van der Waals surface area contributed by atoms with Gasteiger partial charge in [0, 0.05) is 13.2 Å². The maximum absolute atomic E-state index is 13.4. The summed E-state index contributed by atoms with van der Waals surface area (Å²) >= 11 is 0. The summed E-state index contributed by atoms with van der Waals surface area (Å²) in [5, 5.41) is 0. The molecule has 0 spiro atoms. The summed E-state index contributed by atoms with van der Waals surface area (Å²) in [6, 6.07) is 1.87. The minimum Gasteiger partial charge on any atom is -0.340 e. The summed E-state index contributed by atoms with van der Waals surface area (Å²) in [7, 11) is 1.73. The highest BCUT2D eigenvalue weighted by Crippen LogP contribution is 2.32. The average molecular weight is 273 g/mol. The molecule has 2 N–H and O–H groups in total. The van der Waals surface area contributed by atoms with Crippen molar-refractivity contribution in [2.24, 2.45) is 12.8 Å². The number of nitrogens with two attached hydrogens (primary N) is 1. The Morgan fingerprint density at radius 1 is 1.32 bits per heavy atom. The summed E-state index contributed by atoms with van der Waals surface area (Å²) < 4.78 is 52.3. The SMILES string of the molecule is Cn1cnc(C(N)c2ccc(C(F)(F)F)c(F)c2)c1. The van der Waals surface area contributed by atoms with Crippen molar-refractivity contribution >= 4 is 0 Å². The van der Waals surface area contributed by atoms with Gasteiger partial charge in [0.1, 0.15) is 5.82 Å². The van der Waals surface area contributed by atoms with Crippen LogP contribution in [0.4, 0.5) is 17.6 Å². The van der Waals surface area contributed by atoms with Gasteiger partial charge in [0.25, 0.3) is 0 Å². The maximum atomic E-state index is 13.4. The Bertz CT molecular complexity index is 589. The van der Waals surface area contributed by atoms with Crippen LogP contribution >= 0.6 is 0 Å².